The SMILES string of the molecule is COC(=O)c1sc2c(c1OS(C)(=O)=O)SCC2. The molecule has 0 bridgehead atoms. The van der Waals surface area contributed by atoms with Crippen LogP contribution in [-0.2, 0) is 21.3 Å². The van der Waals surface area contributed by atoms with Gasteiger partial charge < -0.3 is 8.92 Å². The lowest BCUT2D eigenvalue weighted by molar-refractivity contribution is 0.0604. The predicted octanol–water partition coefficient (Wildman–Crippen LogP) is 1.52. The summed E-state index contributed by atoms with van der Waals surface area (Å²) in [5, 5.41) is 0. The van der Waals surface area contributed by atoms with Crippen LogP contribution in [0.25, 0.3) is 0 Å². The fraction of sp³-hybridized carbons (Fsp3) is 0.444. The average Bonchev–Trinajstić information content (AvgIpc) is 2.78. The van der Waals surface area contributed by atoms with Gasteiger partial charge in [-0.05, 0) is 6.42 Å². The fourth-order valence-corrected chi connectivity index (χ4v) is 4.61. The lowest BCUT2D eigenvalue weighted by atomic mass is 10.3. The van der Waals surface area contributed by atoms with Gasteiger partial charge in [0.15, 0.2) is 10.6 Å². The first-order valence-electron chi connectivity index (χ1n) is 4.68. The van der Waals surface area contributed by atoms with E-state index in [1.807, 2.05) is 0 Å². The first kappa shape index (κ1) is 12.7. The number of methoxy groups -OCH3 is 1. The number of thioether (sulfide) groups is 1. The molecule has 1 aliphatic heterocycles. The van der Waals surface area contributed by atoms with Crippen molar-refractivity contribution in [1.82, 2.24) is 0 Å². The maximum Gasteiger partial charge on any atom is 0.352 e. The third-order valence-electron chi connectivity index (χ3n) is 2.07. The summed E-state index contributed by atoms with van der Waals surface area (Å²) in [5.41, 5.74) is 0. The molecule has 1 aliphatic rings. The molecule has 0 amide bonds. The van der Waals surface area contributed by atoms with Crippen molar-refractivity contribution in [2.24, 2.45) is 0 Å². The van der Waals surface area contributed by atoms with Crippen LogP contribution >= 0.6 is 23.1 Å². The Bertz CT molecular complexity index is 557. The van der Waals surface area contributed by atoms with Crippen LogP contribution in [0.2, 0.25) is 0 Å². The minimum atomic E-state index is -3.65. The molecule has 0 spiro atoms. The van der Waals surface area contributed by atoms with Gasteiger partial charge in [0.1, 0.15) is 0 Å². The van der Waals surface area contributed by atoms with Crippen LogP contribution in [0.5, 0.6) is 5.75 Å². The molecule has 0 unspecified atom stereocenters. The van der Waals surface area contributed by atoms with Crippen LogP contribution in [0.1, 0.15) is 14.5 Å². The first-order valence-corrected chi connectivity index (χ1v) is 8.30. The highest BCUT2D eigenvalue weighted by Crippen LogP contribution is 2.47. The van der Waals surface area contributed by atoms with E-state index in [2.05, 4.69) is 4.74 Å². The number of fused-ring (bicyclic) bond motifs is 1. The van der Waals surface area contributed by atoms with E-state index in [1.165, 1.54) is 30.2 Å². The molecule has 8 heteroatoms. The van der Waals surface area contributed by atoms with Gasteiger partial charge in [0, 0.05) is 10.6 Å². The molecule has 0 fully saturated rings. The average molecular weight is 294 g/mol. The van der Waals surface area contributed by atoms with Gasteiger partial charge in [0.05, 0.1) is 18.3 Å². The van der Waals surface area contributed by atoms with Crippen molar-refractivity contribution in [2.45, 2.75) is 11.3 Å². The summed E-state index contributed by atoms with van der Waals surface area (Å²) in [7, 11) is -2.39. The minimum absolute atomic E-state index is 0.127. The van der Waals surface area contributed by atoms with Crippen LogP contribution in [0, 0.1) is 0 Å². The van der Waals surface area contributed by atoms with Crippen LogP contribution in [0.3, 0.4) is 0 Å². The number of rotatable bonds is 3. The second-order valence-electron chi connectivity index (χ2n) is 3.39. The Morgan fingerprint density at radius 1 is 1.41 bits per heavy atom. The van der Waals surface area contributed by atoms with Gasteiger partial charge in [-0.15, -0.1) is 23.1 Å². The van der Waals surface area contributed by atoms with Crippen molar-refractivity contribution in [1.29, 1.82) is 0 Å². The van der Waals surface area contributed by atoms with E-state index in [1.54, 1.807) is 0 Å². The molecule has 0 aromatic carbocycles. The molecule has 1 aromatic heterocycles. The van der Waals surface area contributed by atoms with Crippen molar-refractivity contribution in [3.63, 3.8) is 0 Å². The van der Waals surface area contributed by atoms with Gasteiger partial charge >= 0.3 is 16.1 Å². The van der Waals surface area contributed by atoms with E-state index >= 15 is 0 Å². The molecule has 94 valence electrons. The Kier molecular flexibility index (Phi) is 3.37. The van der Waals surface area contributed by atoms with Gasteiger partial charge in [0.2, 0.25) is 0 Å². The molecular weight excluding hydrogens is 284 g/mol. The number of esters is 1. The zero-order chi connectivity index (χ0) is 12.6. The van der Waals surface area contributed by atoms with Crippen LogP contribution < -0.4 is 4.18 Å². The van der Waals surface area contributed by atoms with Crippen LogP contribution in [-0.4, -0.2) is 33.5 Å². The molecular formula is C9H10O5S3. The maximum absolute atomic E-state index is 11.5. The van der Waals surface area contributed by atoms with Gasteiger partial charge in [0.25, 0.3) is 0 Å². The number of ether oxygens (including phenoxy) is 1. The van der Waals surface area contributed by atoms with E-state index in [0.29, 0.717) is 0 Å². The van der Waals surface area contributed by atoms with E-state index < -0.39 is 16.1 Å². The fourth-order valence-electron chi connectivity index (χ4n) is 1.46. The number of hydrogen-bond acceptors (Lipinski definition) is 7. The third-order valence-corrected chi connectivity index (χ3v) is 5.01. The highest BCUT2D eigenvalue weighted by atomic mass is 32.2. The summed E-state index contributed by atoms with van der Waals surface area (Å²) in [5.74, 6) is 0.438. The Balaban J connectivity index is 2.50. The monoisotopic (exact) mass is 294 g/mol. The zero-order valence-electron chi connectivity index (χ0n) is 9.18. The largest absolute Gasteiger partial charge is 0.465 e. The van der Waals surface area contributed by atoms with E-state index in [4.69, 9.17) is 4.18 Å². The molecule has 0 radical (unpaired) electrons. The van der Waals surface area contributed by atoms with Crippen molar-refractivity contribution < 1.29 is 22.1 Å². The molecule has 1 aromatic rings. The Morgan fingerprint density at radius 2 is 2.12 bits per heavy atom. The van der Waals surface area contributed by atoms with Crippen molar-refractivity contribution in [3.05, 3.63) is 9.75 Å². The summed E-state index contributed by atoms with van der Waals surface area (Å²) in [6.07, 6.45) is 1.78. The van der Waals surface area contributed by atoms with Crippen molar-refractivity contribution in [3.8, 4) is 5.75 Å². The summed E-state index contributed by atoms with van der Waals surface area (Å²) in [4.78, 5) is 13.5. The van der Waals surface area contributed by atoms with Crippen molar-refractivity contribution >= 4 is 39.2 Å². The summed E-state index contributed by atoms with van der Waals surface area (Å²) >= 11 is 2.73. The predicted molar refractivity (Wildman–Crippen MR) is 65.6 cm³/mol. The Hall–Kier alpha value is -0.730. The third kappa shape index (κ3) is 2.58. The summed E-state index contributed by atoms with van der Waals surface area (Å²) < 4.78 is 31.9. The first-order chi connectivity index (χ1) is 7.92. The van der Waals surface area contributed by atoms with Crippen molar-refractivity contribution in [2.75, 3.05) is 19.1 Å². The van der Waals surface area contributed by atoms with Crippen LogP contribution in [0.4, 0.5) is 0 Å². The molecule has 0 N–H and O–H groups in total. The van der Waals surface area contributed by atoms with Gasteiger partial charge in [-0.25, -0.2) is 4.79 Å². The number of carbonyl (C=O) groups is 1. The maximum atomic E-state index is 11.5. The molecule has 2 rings (SSSR count). The quantitative estimate of drug-likeness (QED) is 0.622. The number of thiophene rings is 1. The van der Waals surface area contributed by atoms with Gasteiger partial charge in [-0.2, -0.15) is 8.42 Å². The Morgan fingerprint density at radius 3 is 2.71 bits per heavy atom. The van der Waals surface area contributed by atoms with E-state index in [-0.39, 0.29) is 10.6 Å². The summed E-state index contributed by atoms with van der Waals surface area (Å²) in [6, 6.07) is 0. The van der Waals surface area contributed by atoms with Crippen LogP contribution in [0.15, 0.2) is 4.90 Å². The zero-order valence-corrected chi connectivity index (χ0v) is 11.6. The number of carbonyl (C=O) groups excluding carboxylic acids is 1. The highest BCUT2D eigenvalue weighted by Gasteiger charge is 2.30. The lowest BCUT2D eigenvalue weighted by Gasteiger charge is -2.05. The molecule has 0 saturated heterocycles. The molecule has 5 nitrogen and oxygen atoms in total. The normalized spacial score (nSPS) is 14.5. The number of hydrogen-bond donors (Lipinski definition) is 0. The summed E-state index contributed by atoms with van der Waals surface area (Å²) in [6.45, 7) is 0. The van der Waals surface area contributed by atoms with Gasteiger partial charge in [-0.1, -0.05) is 0 Å². The van der Waals surface area contributed by atoms with Gasteiger partial charge in [-0.3, -0.25) is 0 Å². The lowest BCUT2D eigenvalue weighted by Crippen LogP contribution is -2.09. The molecule has 0 aliphatic carbocycles. The van der Waals surface area contributed by atoms with E-state index in [9.17, 15) is 13.2 Å². The second-order valence-corrected chi connectivity index (χ2v) is 7.18. The molecule has 17 heavy (non-hydrogen) atoms. The highest BCUT2D eigenvalue weighted by molar-refractivity contribution is 8.00. The smallest absolute Gasteiger partial charge is 0.352 e. The Labute approximate surface area is 107 Å². The topological polar surface area (TPSA) is 69.7 Å². The molecule has 0 saturated carbocycles. The van der Waals surface area contributed by atoms with E-state index in [0.717, 1.165) is 28.2 Å². The minimum Gasteiger partial charge on any atom is -0.465 e. The molecule has 2 heterocycles. The molecule has 0 atom stereocenters. The number of aryl methyl sites for hydroxylation is 1. The standard InChI is InChI=1S/C9H10O5S3/c1-13-9(10)8-6(14-17(2,11)12)7-5(16-8)3-4-15-7/h3-4H2,1-2H3. The second kappa shape index (κ2) is 4.51.